The molecule has 1 heterocycles. The molecule has 2 amide bonds. The quantitative estimate of drug-likeness (QED) is 0.424. The zero-order valence-corrected chi connectivity index (χ0v) is 16.6. The number of carbonyl (C=O) groups is 1. The average Bonchev–Trinajstić information content (AvgIpc) is 2.72. The molecule has 1 aromatic heterocycles. The number of rotatable bonds is 5. The van der Waals surface area contributed by atoms with Crippen LogP contribution in [-0.2, 0) is 0 Å². The smallest absolute Gasteiger partial charge is 0.316 e. The van der Waals surface area contributed by atoms with Crippen molar-refractivity contribution in [2.75, 3.05) is 10.6 Å². The topological polar surface area (TPSA) is 102 Å². The predicted octanol–water partition coefficient (Wildman–Crippen LogP) is 5.27. The van der Waals surface area contributed by atoms with Gasteiger partial charge in [-0.05, 0) is 43.2 Å². The molecule has 0 saturated carbocycles. The van der Waals surface area contributed by atoms with Crippen LogP contribution >= 0.6 is 0 Å². The molecule has 0 spiro atoms. The second kappa shape index (κ2) is 8.08. The minimum atomic E-state index is -0.619. The Bertz CT molecular complexity index is 1240. The number of primary amides is 1. The van der Waals surface area contributed by atoms with Crippen LogP contribution in [0.3, 0.4) is 0 Å². The van der Waals surface area contributed by atoms with Crippen LogP contribution in [0.2, 0.25) is 0 Å². The van der Waals surface area contributed by atoms with Crippen molar-refractivity contribution in [3.8, 4) is 11.6 Å². The summed E-state index contributed by atoms with van der Waals surface area (Å²) in [5.41, 5.74) is 9.07. The van der Waals surface area contributed by atoms with Crippen LogP contribution in [0.1, 0.15) is 11.1 Å². The Labute approximate surface area is 173 Å². The van der Waals surface area contributed by atoms with Crippen molar-refractivity contribution in [2.45, 2.75) is 13.8 Å². The Balaban J connectivity index is 1.64. The van der Waals surface area contributed by atoms with Crippen LogP contribution in [0.25, 0.3) is 10.8 Å². The van der Waals surface area contributed by atoms with E-state index in [-0.39, 0.29) is 0 Å². The van der Waals surface area contributed by atoms with Gasteiger partial charge in [0.25, 0.3) is 0 Å². The van der Waals surface area contributed by atoms with E-state index in [1.807, 2.05) is 50.2 Å². The summed E-state index contributed by atoms with van der Waals surface area (Å²) in [6.07, 6.45) is 1.64. The van der Waals surface area contributed by atoms with Crippen LogP contribution in [0, 0.1) is 13.8 Å². The summed E-state index contributed by atoms with van der Waals surface area (Å²) in [6, 6.07) is 18.3. The fourth-order valence-electron chi connectivity index (χ4n) is 3.16. The average molecular weight is 399 g/mol. The van der Waals surface area contributed by atoms with Gasteiger partial charge in [0.05, 0.1) is 5.69 Å². The molecule has 0 aliphatic rings. The number of nitrogens with zero attached hydrogens (tertiary/aromatic N) is 2. The molecule has 0 radical (unpaired) electrons. The highest BCUT2D eigenvalue weighted by molar-refractivity contribution is 6.03. The zero-order valence-electron chi connectivity index (χ0n) is 16.6. The third-order valence-electron chi connectivity index (χ3n) is 4.63. The molecular weight excluding hydrogens is 378 g/mol. The van der Waals surface area contributed by atoms with E-state index in [0.29, 0.717) is 23.3 Å². The second-order valence-electron chi connectivity index (χ2n) is 6.91. The first-order valence-corrected chi connectivity index (χ1v) is 9.43. The molecule has 4 aromatic rings. The van der Waals surface area contributed by atoms with E-state index < -0.39 is 6.03 Å². The van der Waals surface area contributed by atoms with Gasteiger partial charge < -0.3 is 21.1 Å². The molecule has 0 unspecified atom stereocenters. The van der Waals surface area contributed by atoms with Crippen molar-refractivity contribution < 1.29 is 9.53 Å². The van der Waals surface area contributed by atoms with Crippen molar-refractivity contribution in [1.29, 1.82) is 0 Å². The molecule has 0 saturated heterocycles. The van der Waals surface area contributed by atoms with Crippen molar-refractivity contribution in [3.05, 3.63) is 78.0 Å². The lowest BCUT2D eigenvalue weighted by atomic mass is 10.1. The van der Waals surface area contributed by atoms with Gasteiger partial charge in [-0.15, -0.1) is 0 Å². The molecule has 0 fully saturated rings. The number of urea groups is 1. The van der Waals surface area contributed by atoms with E-state index in [1.165, 1.54) is 0 Å². The maximum Gasteiger partial charge on any atom is 0.316 e. The summed E-state index contributed by atoms with van der Waals surface area (Å²) in [4.78, 5) is 20.0. The van der Waals surface area contributed by atoms with E-state index in [0.717, 1.165) is 27.6 Å². The number of hydrogen-bond donors (Lipinski definition) is 3. The number of nitrogens with two attached hydrogens (primary N) is 1. The molecule has 0 atom stereocenters. The number of anilines is 3. The van der Waals surface area contributed by atoms with Gasteiger partial charge in [0, 0.05) is 28.7 Å². The summed E-state index contributed by atoms with van der Waals surface area (Å²) in [5, 5.41) is 7.52. The molecule has 0 aliphatic carbocycles. The highest BCUT2D eigenvalue weighted by Gasteiger charge is 2.10. The standard InChI is InChI=1S/C23H21N5O2/c1-14-7-8-15(2)19(13-14)27-23-25-12-11-21(28-23)30-20-10-9-18(26-22(24)29)16-5-3-4-6-17(16)20/h3-13H,1-2H3,(H3,24,26,29)(H,25,27,28). The first kappa shape index (κ1) is 19.2. The number of carbonyl (C=O) groups excluding carboxylic acids is 1. The molecule has 7 heteroatoms. The zero-order chi connectivity index (χ0) is 21.1. The Kier molecular flexibility index (Phi) is 5.17. The van der Waals surface area contributed by atoms with Gasteiger partial charge >= 0.3 is 6.03 Å². The van der Waals surface area contributed by atoms with E-state index in [9.17, 15) is 4.79 Å². The molecule has 7 nitrogen and oxygen atoms in total. The first-order chi connectivity index (χ1) is 14.5. The summed E-state index contributed by atoms with van der Waals surface area (Å²) in [5.74, 6) is 1.45. The number of amides is 2. The lowest BCUT2D eigenvalue weighted by Gasteiger charge is -2.13. The molecular formula is C23H21N5O2. The van der Waals surface area contributed by atoms with E-state index in [2.05, 4.69) is 26.7 Å². The van der Waals surface area contributed by atoms with Crippen LogP contribution < -0.4 is 21.1 Å². The third-order valence-corrected chi connectivity index (χ3v) is 4.63. The van der Waals surface area contributed by atoms with Gasteiger partial charge in [-0.1, -0.05) is 36.4 Å². The third kappa shape index (κ3) is 4.15. The lowest BCUT2D eigenvalue weighted by molar-refractivity contribution is 0.259. The molecule has 30 heavy (non-hydrogen) atoms. The number of hydrogen-bond acceptors (Lipinski definition) is 5. The van der Waals surface area contributed by atoms with E-state index >= 15 is 0 Å². The minimum absolute atomic E-state index is 0.401. The maximum atomic E-state index is 11.3. The highest BCUT2D eigenvalue weighted by Crippen LogP contribution is 2.34. The van der Waals surface area contributed by atoms with Crippen LogP contribution in [-0.4, -0.2) is 16.0 Å². The maximum absolute atomic E-state index is 11.3. The molecule has 0 aliphatic heterocycles. The second-order valence-corrected chi connectivity index (χ2v) is 6.91. The van der Waals surface area contributed by atoms with Gasteiger partial charge in [-0.3, -0.25) is 0 Å². The number of nitrogens with one attached hydrogen (secondary N) is 2. The Hall–Kier alpha value is -4.13. The largest absolute Gasteiger partial charge is 0.438 e. The number of benzene rings is 3. The molecule has 4 N–H and O–H groups in total. The normalized spacial score (nSPS) is 10.6. The molecule has 150 valence electrons. The van der Waals surface area contributed by atoms with Gasteiger partial charge in [-0.25, -0.2) is 9.78 Å². The summed E-state index contributed by atoms with van der Waals surface area (Å²) in [7, 11) is 0. The fourth-order valence-corrected chi connectivity index (χ4v) is 3.16. The predicted molar refractivity (Wildman–Crippen MR) is 118 cm³/mol. The van der Waals surface area contributed by atoms with Crippen LogP contribution in [0.15, 0.2) is 66.9 Å². The van der Waals surface area contributed by atoms with Gasteiger partial charge in [-0.2, -0.15) is 4.98 Å². The highest BCUT2D eigenvalue weighted by atomic mass is 16.5. The van der Waals surface area contributed by atoms with E-state index in [4.69, 9.17) is 10.5 Å². The van der Waals surface area contributed by atoms with Crippen molar-refractivity contribution in [3.63, 3.8) is 0 Å². The number of ether oxygens (including phenoxy) is 1. The summed E-state index contributed by atoms with van der Waals surface area (Å²) >= 11 is 0. The van der Waals surface area contributed by atoms with Gasteiger partial charge in [0.2, 0.25) is 11.8 Å². The molecule has 3 aromatic carbocycles. The minimum Gasteiger partial charge on any atom is -0.438 e. The van der Waals surface area contributed by atoms with Gasteiger partial charge in [0.1, 0.15) is 5.75 Å². The van der Waals surface area contributed by atoms with Gasteiger partial charge in [0.15, 0.2) is 0 Å². The number of aryl methyl sites for hydroxylation is 2. The van der Waals surface area contributed by atoms with Crippen molar-refractivity contribution in [2.24, 2.45) is 5.73 Å². The van der Waals surface area contributed by atoms with E-state index in [1.54, 1.807) is 24.4 Å². The molecule has 4 rings (SSSR count). The number of fused-ring (bicyclic) bond motifs is 1. The SMILES string of the molecule is Cc1ccc(C)c(Nc2nccc(Oc3ccc(NC(N)=O)c4ccccc34)n2)c1. The summed E-state index contributed by atoms with van der Waals surface area (Å²) < 4.78 is 6.05. The number of aromatic nitrogens is 2. The fraction of sp³-hybridized carbons (Fsp3) is 0.0870. The monoisotopic (exact) mass is 399 g/mol. The first-order valence-electron chi connectivity index (χ1n) is 9.43. The lowest BCUT2D eigenvalue weighted by Crippen LogP contribution is -2.19. The Morgan fingerprint density at radius 1 is 0.967 bits per heavy atom. The van der Waals surface area contributed by atoms with Crippen molar-refractivity contribution in [1.82, 2.24) is 9.97 Å². The Morgan fingerprint density at radius 3 is 2.57 bits per heavy atom. The summed E-state index contributed by atoms with van der Waals surface area (Å²) in [6.45, 7) is 4.06. The molecule has 0 bridgehead atoms. The van der Waals surface area contributed by atoms with Crippen LogP contribution in [0.5, 0.6) is 11.6 Å². The van der Waals surface area contributed by atoms with Crippen LogP contribution in [0.4, 0.5) is 22.1 Å². The Morgan fingerprint density at radius 2 is 1.77 bits per heavy atom. The van der Waals surface area contributed by atoms with Crippen molar-refractivity contribution >= 4 is 34.1 Å².